The third-order valence-electron chi connectivity index (χ3n) is 3.01. The molecule has 2 heterocycles. The summed E-state index contributed by atoms with van der Waals surface area (Å²) < 4.78 is 11.1. The first kappa shape index (κ1) is 11.5. The number of nitrogens with zero attached hydrogens (tertiary/aromatic N) is 1. The first-order chi connectivity index (χ1) is 8.78. The molecule has 1 aromatic heterocycles. The zero-order chi connectivity index (χ0) is 12.5. The molecule has 5 heteroatoms. The topological polar surface area (TPSA) is 51.6 Å². The Kier molecular flexibility index (Phi) is 2.93. The molecule has 0 amide bonds. The van der Waals surface area contributed by atoms with E-state index in [1.54, 1.807) is 19.4 Å². The van der Waals surface area contributed by atoms with Crippen molar-refractivity contribution in [2.24, 2.45) is 0 Å². The number of hydrogen-bond acceptors (Lipinski definition) is 5. The lowest BCUT2D eigenvalue weighted by Crippen LogP contribution is -2.18. The lowest BCUT2D eigenvalue weighted by Gasteiger charge is -2.28. The second-order valence-corrected chi connectivity index (χ2v) is 5.06. The molecule has 1 aromatic carbocycles. The molecule has 4 nitrogen and oxygen atoms in total. The van der Waals surface area contributed by atoms with Gasteiger partial charge in [-0.15, -0.1) is 11.3 Å². The smallest absolute Gasteiger partial charge is 0.153 e. The fraction of sp³-hybridized carbons (Fsp3) is 0.308. The van der Waals surface area contributed by atoms with Crippen LogP contribution in [0.1, 0.15) is 29.2 Å². The van der Waals surface area contributed by atoms with Crippen molar-refractivity contribution in [3.05, 3.63) is 40.3 Å². The van der Waals surface area contributed by atoms with Crippen molar-refractivity contribution >= 4 is 11.3 Å². The van der Waals surface area contributed by atoms with Gasteiger partial charge in [-0.05, 0) is 12.1 Å². The summed E-state index contributed by atoms with van der Waals surface area (Å²) in [6.45, 7) is 0. The van der Waals surface area contributed by atoms with Gasteiger partial charge in [-0.1, -0.05) is 0 Å². The number of hydrogen-bond donors (Lipinski definition) is 1. The lowest BCUT2D eigenvalue weighted by molar-refractivity contribution is 0.0653. The summed E-state index contributed by atoms with van der Waals surface area (Å²) in [6.07, 6.45) is 1.58. The Morgan fingerprint density at radius 1 is 1.50 bits per heavy atom. The molecule has 2 atom stereocenters. The van der Waals surface area contributed by atoms with E-state index in [-0.39, 0.29) is 6.10 Å². The number of thiazole rings is 1. The Bertz CT molecular complexity index is 541. The average Bonchev–Trinajstić information content (AvgIpc) is 2.91. The van der Waals surface area contributed by atoms with Crippen molar-refractivity contribution in [2.45, 2.75) is 18.6 Å². The number of benzene rings is 1. The average molecular weight is 263 g/mol. The van der Waals surface area contributed by atoms with Crippen molar-refractivity contribution < 1.29 is 14.6 Å². The molecular weight excluding hydrogens is 250 g/mol. The van der Waals surface area contributed by atoms with Crippen molar-refractivity contribution in [1.82, 2.24) is 4.98 Å². The minimum absolute atomic E-state index is 0.181. The number of aliphatic hydroxyl groups excluding tert-OH is 1. The van der Waals surface area contributed by atoms with E-state index in [1.165, 1.54) is 11.3 Å². The van der Waals surface area contributed by atoms with Crippen LogP contribution in [0.4, 0.5) is 0 Å². The van der Waals surface area contributed by atoms with Crippen molar-refractivity contribution in [3.8, 4) is 11.5 Å². The second kappa shape index (κ2) is 4.59. The highest BCUT2D eigenvalue weighted by molar-refractivity contribution is 7.09. The third-order valence-corrected chi connectivity index (χ3v) is 3.88. The van der Waals surface area contributed by atoms with Gasteiger partial charge >= 0.3 is 0 Å². The van der Waals surface area contributed by atoms with Crippen LogP contribution in [0.2, 0.25) is 0 Å². The van der Waals surface area contributed by atoms with E-state index in [4.69, 9.17) is 9.47 Å². The van der Waals surface area contributed by atoms with Crippen LogP contribution < -0.4 is 9.47 Å². The number of methoxy groups -OCH3 is 1. The van der Waals surface area contributed by atoms with Crippen LogP contribution in [0.5, 0.6) is 11.5 Å². The van der Waals surface area contributed by atoms with E-state index in [0.29, 0.717) is 12.2 Å². The molecule has 2 aromatic rings. The molecule has 18 heavy (non-hydrogen) atoms. The van der Waals surface area contributed by atoms with Gasteiger partial charge in [-0.25, -0.2) is 4.98 Å². The molecule has 3 rings (SSSR count). The quantitative estimate of drug-likeness (QED) is 0.905. The summed E-state index contributed by atoms with van der Waals surface area (Å²) in [5.74, 6) is 1.40. The van der Waals surface area contributed by atoms with Crippen LogP contribution in [0.3, 0.4) is 0 Å². The molecular formula is C13H13NO3S. The summed E-state index contributed by atoms with van der Waals surface area (Å²) >= 11 is 1.54. The Morgan fingerprint density at radius 2 is 2.39 bits per heavy atom. The van der Waals surface area contributed by atoms with Gasteiger partial charge in [0.2, 0.25) is 0 Å². The number of rotatable bonds is 2. The Labute approximate surface area is 109 Å². The van der Waals surface area contributed by atoms with Gasteiger partial charge in [0, 0.05) is 29.6 Å². The molecule has 1 N–H and O–H groups in total. The van der Waals surface area contributed by atoms with Gasteiger partial charge in [-0.3, -0.25) is 0 Å². The molecule has 1 aliphatic rings. The van der Waals surface area contributed by atoms with Crippen molar-refractivity contribution in [1.29, 1.82) is 0 Å². The third kappa shape index (κ3) is 1.95. The number of ether oxygens (including phenoxy) is 2. The standard InChI is InChI=1S/C13H13NO3S/c1-16-8-2-3-9-10(15)7-12(17-11(9)6-8)13-14-4-5-18-13/h2-6,10,12,15H,7H2,1H3/t10-,12?/m1/s1. The maximum atomic E-state index is 10.2. The first-order valence-corrected chi connectivity index (χ1v) is 6.58. The van der Waals surface area contributed by atoms with Gasteiger partial charge in [-0.2, -0.15) is 0 Å². The maximum absolute atomic E-state index is 10.2. The van der Waals surface area contributed by atoms with E-state index < -0.39 is 6.10 Å². The molecule has 0 fully saturated rings. The predicted molar refractivity (Wildman–Crippen MR) is 68.1 cm³/mol. The van der Waals surface area contributed by atoms with E-state index in [9.17, 15) is 5.11 Å². The Balaban J connectivity index is 1.95. The highest BCUT2D eigenvalue weighted by Gasteiger charge is 2.29. The first-order valence-electron chi connectivity index (χ1n) is 5.70. The van der Waals surface area contributed by atoms with Gasteiger partial charge in [0.25, 0.3) is 0 Å². The van der Waals surface area contributed by atoms with Crippen LogP contribution in [0.25, 0.3) is 0 Å². The molecule has 0 aliphatic carbocycles. The second-order valence-electron chi connectivity index (χ2n) is 4.13. The SMILES string of the molecule is COc1ccc2c(c1)OC(c1nccs1)C[C@H]2O. The largest absolute Gasteiger partial charge is 0.497 e. The van der Waals surface area contributed by atoms with Gasteiger partial charge in [0.15, 0.2) is 6.10 Å². The molecule has 0 bridgehead atoms. The molecule has 1 aliphatic heterocycles. The van der Waals surface area contributed by atoms with Gasteiger partial charge in [0.1, 0.15) is 16.5 Å². The van der Waals surface area contributed by atoms with Crippen LogP contribution in [0.15, 0.2) is 29.8 Å². The highest BCUT2D eigenvalue weighted by Crippen LogP contribution is 2.42. The summed E-state index contributed by atoms with van der Waals surface area (Å²) in [4.78, 5) is 4.24. The maximum Gasteiger partial charge on any atom is 0.153 e. The van der Waals surface area contributed by atoms with Crippen LogP contribution in [0, 0.1) is 0 Å². The molecule has 0 spiro atoms. The van der Waals surface area contributed by atoms with Crippen LogP contribution in [-0.2, 0) is 0 Å². The van der Waals surface area contributed by atoms with Gasteiger partial charge < -0.3 is 14.6 Å². The number of fused-ring (bicyclic) bond motifs is 1. The van der Waals surface area contributed by atoms with Crippen molar-refractivity contribution in [2.75, 3.05) is 7.11 Å². The fourth-order valence-corrected chi connectivity index (χ4v) is 2.77. The minimum atomic E-state index is -0.520. The lowest BCUT2D eigenvalue weighted by atomic mass is 9.99. The van der Waals surface area contributed by atoms with E-state index in [1.807, 2.05) is 17.5 Å². The predicted octanol–water partition coefficient (Wildman–Crippen LogP) is 2.71. The van der Waals surface area contributed by atoms with E-state index >= 15 is 0 Å². The molecule has 0 saturated carbocycles. The van der Waals surface area contributed by atoms with Crippen molar-refractivity contribution in [3.63, 3.8) is 0 Å². The zero-order valence-corrected chi connectivity index (χ0v) is 10.7. The fourth-order valence-electron chi connectivity index (χ4n) is 2.09. The Hall–Kier alpha value is -1.59. The summed E-state index contributed by atoms with van der Waals surface area (Å²) in [5.41, 5.74) is 0.809. The van der Waals surface area contributed by atoms with Crippen LogP contribution in [-0.4, -0.2) is 17.2 Å². The van der Waals surface area contributed by atoms with E-state index in [0.717, 1.165) is 16.3 Å². The normalized spacial score (nSPS) is 22.1. The molecule has 0 saturated heterocycles. The molecule has 1 unspecified atom stereocenters. The zero-order valence-electron chi connectivity index (χ0n) is 9.87. The van der Waals surface area contributed by atoms with Gasteiger partial charge in [0.05, 0.1) is 13.2 Å². The minimum Gasteiger partial charge on any atom is -0.497 e. The van der Waals surface area contributed by atoms with Crippen LogP contribution >= 0.6 is 11.3 Å². The summed E-state index contributed by atoms with van der Waals surface area (Å²) in [6, 6.07) is 5.48. The summed E-state index contributed by atoms with van der Waals surface area (Å²) in [5, 5.41) is 13.0. The Morgan fingerprint density at radius 3 is 3.11 bits per heavy atom. The molecule has 94 valence electrons. The summed E-state index contributed by atoms with van der Waals surface area (Å²) in [7, 11) is 1.61. The number of aliphatic hydroxyl groups is 1. The highest BCUT2D eigenvalue weighted by atomic mass is 32.1. The van der Waals surface area contributed by atoms with E-state index in [2.05, 4.69) is 4.98 Å². The molecule has 0 radical (unpaired) electrons. The number of aromatic nitrogens is 1. The monoisotopic (exact) mass is 263 g/mol.